The Morgan fingerprint density at radius 3 is 2.53 bits per heavy atom. The first kappa shape index (κ1) is 13.4. The van der Waals surface area contributed by atoms with Gasteiger partial charge in [0.05, 0.1) is 7.11 Å². The number of benzene rings is 2. The molecule has 0 unspecified atom stereocenters. The van der Waals surface area contributed by atoms with Gasteiger partial charge in [-0.3, -0.25) is 0 Å². The predicted octanol–water partition coefficient (Wildman–Crippen LogP) is 3.13. The van der Waals surface area contributed by atoms with E-state index >= 15 is 0 Å². The maximum Gasteiger partial charge on any atom is 0.169 e. The van der Waals surface area contributed by atoms with Gasteiger partial charge in [0.15, 0.2) is 11.5 Å². The van der Waals surface area contributed by atoms with E-state index in [1.165, 1.54) is 12.1 Å². The van der Waals surface area contributed by atoms with Gasteiger partial charge in [-0.05, 0) is 42.8 Å². The summed E-state index contributed by atoms with van der Waals surface area (Å²) in [6.45, 7) is 0.470. The molecule has 0 spiro atoms. The van der Waals surface area contributed by atoms with E-state index in [-0.39, 0.29) is 5.82 Å². The Morgan fingerprint density at radius 1 is 1.11 bits per heavy atom. The van der Waals surface area contributed by atoms with Crippen molar-refractivity contribution in [1.82, 2.24) is 0 Å². The largest absolute Gasteiger partial charge is 0.493 e. The van der Waals surface area contributed by atoms with Crippen LogP contribution in [0.15, 0.2) is 42.5 Å². The van der Waals surface area contributed by atoms with Crippen LogP contribution in [0.25, 0.3) is 0 Å². The fraction of sp³-hybridized carbons (Fsp3) is 0.200. The van der Waals surface area contributed by atoms with Crippen LogP contribution >= 0.6 is 0 Å². The smallest absolute Gasteiger partial charge is 0.169 e. The van der Waals surface area contributed by atoms with Gasteiger partial charge in [0, 0.05) is 6.07 Å². The Balaban J connectivity index is 2.27. The quantitative estimate of drug-likeness (QED) is 0.899. The lowest BCUT2D eigenvalue weighted by molar-refractivity contribution is 0.378. The van der Waals surface area contributed by atoms with E-state index in [1.807, 2.05) is 12.1 Å². The van der Waals surface area contributed by atoms with Crippen molar-refractivity contribution in [3.8, 4) is 17.2 Å². The lowest BCUT2D eigenvalue weighted by Crippen LogP contribution is -2.03. The van der Waals surface area contributed by atoms with Crippen molar-refractivity contribution in [2.45, 2.75) is 6.42 Å². The first-order valence-electron chi connectivity index (χ1n) is 6.03. The Kier molecular flexibility index (Phi) is 4.36. The molecule has 3 nitrogen and oxygen atoms in total. The highest BCUT2D eigenvalue weighted by molar-refractivity contribution is 5.43. The number of rotatable bonds is 5. The molecule has 0 heterocycles. The molecule has 0 saturated carbocycles. The maximum atomic E-state index is 13.5. The summed E-state index contributed by atoms with van der Waals surface area (Å²) in [6.07, 6.45) is 0.611. The number of para-hydroxylation sites is 2. The molecule has 2 N–H and O–H groups in total. The number of halogens is 1. The summed E-state index contributed by atoms with van der Waals surface area (Å²) < 4.78 is 24.3. The molecule has 0 atom stereocenters. The van der Waals surface area contributed by atoms with Crippen LogP contribution in [0, 0.1) is 5.82 Å². The molecule has 2 aromatic rings. The third kappa shape index (κ3) is 3.45. The highest BCUT2D eigenvalue weighted by Gasteiger charge is 2.06. The Labute approximate surface area is 111 Å². The van der Waals surface area contributed by atoms with Gasteiger partial charge in [0.2, 0.25) is 0 Å². The minimum Gasteiger partial charge on any atom is -0.493 e. The number of methoxy groups -OCH3 is 1. The minimum absolute atomic E-state index is 0.337. The topological polar surface area (TPSA) is 44.5 Å². The summed E-state index contributed by atoms with van der Waals surface area (Å²) in [7, 11) is 1.56. The van der Waals surface area contributed by atoms with Gasteiger partial charge >= 0.3 is 0 Å². The Morgan fingerprint density at radius 2 is 1.84 bits per heavy atom. The molecule has 0 aliphatic carbocycles. The first-order valence-corrected chi connectivity index (χ1v) is 6.03. The monoisotopic (exact) mass is 261 g/mol. The van der Waals surface area contributed by atoms with E-state index in [1.54, 1.807) is 25.3 Å². The molecule has 2 aromatic carbocycles. The van der Waals surface area contributed by atoms with Crippen molar-refractivity contribution in [1.29, 1.82) is 0 Å². The van der Waals surface area contributed by atoms with Crippen molar-refractivity contribution in [2.75, 3.05) is 13.7 Å². The van der Waals surface area contributed by atoms with Crippen molar-refractivity contribution < 1.29 is 13.9 Å². The lowest BCUT2D eigenvalue weighted by Gasteiger charge is -2.11. The fourth-order valence-corrected chi connectivity index (χ4v) is 1.82. The van der Waals surface area contributed by atoms with Gasteiger partial charge in [-0.2, -0.15) is 0 Å². The second kappa shape index (κ2) is 6.20. The van der Waals surface area contributed by atoms with Gasteiger partial charge in [-0.1, -0.05) is 12.1 Å². The van der Waals surface area contributed by atoms with Crippen molar-refractivity contribution in [3.63, 3.8) is 0 Å². The fourth-order valence-electron chi connectivity index (χ4n) is 1.82. The summed E-state index contributed by atoms with van der Waals surface area (Å²) in [6, 6.07) is 11.8. The van der Waals surface area contributed by atoms with Crippen LogP contribution in [0.1, 0.15) is 5.56 Å². The molecule has 0 bridgehead atoms. The summed E-state index contributed by atoms with van der Waals surface area (Å²) in [4.78, 5) is 0. The maximum absolute atomic E-state index is 13.5. The summed E-state index contributed by atoms with van der Waals surface area (Å²) in [5.41, 5.74) is 6.29. The van der Waals surface area contributed by atoms with E-state index in [0.29, 0.717) is 30.2 Å². The Bertz CT molecular complexity index is 558. The minimum atomic E-state index is -0.337. The van der Waals surface area contributed by atoms with Gasteiger partial charge in [0.1, 0.15) is 11.6 Å². The molecule has 0 saturated heterocycles. The van der Waals surface area contributed by atoms with Crippen molar-refractivity contribution >= 4 is 0 Å². The van der Waals surface area contributed by atoms with Crippen LogP contribution in [0.2, 0.25) is 0 Å². The van der Waals surface area contributed by atoms with E-state index in [2.05, 4.69) is 0 Å². The molecule has 100 valence electrons. The average Bonchev–Trinajstić information content (AvgIpc) is 2.39. The number of hydrogen-bond acceptors (Lipinski definition) is 3. The zero-order valence-electron chi connectivity index (χ0n) is 10.7. The van der Waals surface area contributed by atoms with Crippen LogP contribution < -0.4 is 15.2 Å². The predicted molar refractivity (Wildman–Crippen MR) is 72.2 cm³/mol. The van der Waals surface area contributed by atoms with E-state index < -0.39 is 0 Å². The Hall–Kier alpha value is -2.07. The molecule has 2 rings (SSSR count). The molecule has 0 amide bonds. The summed E-state index contributed by atoms with van der Waals surface area (Å²) in [5, 5.41) is 0. The molecule has 4 heteroatoms. The standard InChI is InChI=1S/C15H16FNO2/c1-18-14-4-2-3-5-15(14)19-13-9-11(6-7-17)8-12(16)10-13/h2-5,8-10H,6-7,17H2,1H3. The van der Waals surface area contributed by atoms with Crippen molar-refractivity contribution in [3.05, 3.63) is 53.8 Å². The number of hydrogen-bond donors (Lipinski definition) is 1. The number of ether oxygens (including phenoxy) is 2. The summed E-state index contributed by atoms with van der Waals surface area (Å²) >= 11 is 0. The van der Waals surface area contributed by atoms with E-state index in [0.717, 1.165) is 5.56 Å². The second-order valence-corrected chi connectivity index (χ2v) is 4.09. The third-order valence-electron chi connectivity index (χ3n) is 2.66. The van der Waals surface area contributed by atoms with E-state index in [9.17, 15) is 4.39 Å². The van der Waals surface area contributed by atoms with Crippen LogP contribution in [0.4, 0.5) is 4.39 Å². The highest BCUT2D eigenvalue weighted by Crippen LogP contribution is 2.31. The first-order chi connectivity index (χ1) is 9.22. The molecular weight excluding hydrogens is 245 g/mol. The SMILES string of the molecule is COc1ccccc1Oc1cc(F)cc(CCN)c1. The normalized spacial score (nSPS) is 10.3. The molecular formula is C15H16FNO2. The van der Waals surface area contributed by atoms with Gasteiger partial charge in [-0.25, -0.2) is 4.39 Å². The summed E-state index contributed by atoms with van der Waals surface area (Å²) in [5.74, 6) is 1.25. The zero-order chi connectivity index (χ0) is 13.7. The molecule has 0 aliphatic rings. The molecule has 0 aromatic heterocycles. The second-order valence-electron chi connectivity index (χ2n) is 4.09. The molecule has 19 heavy (non-hydrogen) atoms. The van der Waals surface area contributed by atoms with E-state index in [4.69, 9.17) is 15.2 Å². The lowest BCUT2D eigenvalue weighted by atomic mass is 10.1. The average molecular weight is 261 g/mol. The zero-order valence-corrected chi connectivity index (χ0v) is 10.7. The molecule has 0 fully saturated rings. The highest BCUT2D eigenvalue weighted by atomic mass is 19.1. The van der Waals surface area contributed by atoms with Gasteiger partial charge in [-0.15, -0.1) is 0 Å². The van der Waals surface area contributed by atoms with Gasteiger partial charge < -0.3 is 15.2 Å². The van der Waals surface area contributed by atoms with Crippen molar-refractivity contribution in [2.24, 2.45) is 5.73 Å². The van der Waals surface area contributed by atoms with Crippen LogP contribution in [0.5, 0.6) is 17.2 Å². The van der Waals surface area contributed by atoms with Crippen LogP contribution in [-0.4, -0.2) is 13.7 Å². The number of nitrogens with two attached hydrogens (primary N) is 1. The molecule has 0 aliphatic heterocycles. The van der Waals surface area contributed by atoms with Gasteiger partial charge in [0.25, 0.3) is 0 Å². The van der Waals surface area contributed by atoms with Crippen LogP contribution in [0.3, 0.4) is 0 Å². The molecule has 0 radical (unpaired) electrons. The van der Waals surface area contributed by atoms with Crippen LogP contribution in [-0.2, 0) is 6.42 Å². The third-order valence-corrected chi connectivity index (χ3v) is 2.66.